The van der Waals surface area contributed by atoms with Gasteiger partial charge in [-0.05, 0) is 61.7 Å². The summed E-state index contributed by atoms with van der Waals surface area (Å²) in [6.07, 6.45) is 3.14. The number of fused-ring (bicyclic) bond motifs is 1. The minimum Gasteiger partial charge on any atom is -0.486 e. The molecule has 0 spiro atoms. The number of carbonyl (C=O) groups is 2. The van der Waals surface area contributed by atoms with Crippen LogP contribution in [-0.2, 0) is 11.2 Å². The summed E-state index contributed by atoms with van der Waals surface area (Å²) in [7, 11) is 0. The molecule has 2 aliphatic heterocycles. The van der Waals surface area contributed by atoms with E-state index in [2.05, 4.69) is 23.7 Å². The number of ether oxygens (including phenoxy) is 1. The third-order valence-corrected chi connectivity index (χ3v) is 7.09. The van der Waals surface area contributed by atoms with E-state index in [1.807, 2.05) is 41.0 Å². The molecular formula is C24H31N3O3S. The summed E-state index contributed by atoms with van der Waals surface area (Å²) in [5.74, 6) is 0.870. The van der Waals surface area contributed by atoms with E-state index in [1.54, 1.807) is 11.3 Å². The first-order valence-corrected chi connectivity index (χ1v) is 12.1. The molecular weight excluding hydrogens is 410 g/mol. The Labute approximate surface area is 188 Å². The van der Waals surface area contributed by atoms with E-state index in [-0.39, 0.29) is 24.0 Å². The predicted octanol–water partition coefficient (Wildman–Crippen LogP) is 4.22. The SMILES string of the molecule is CC[C@@H]1CN(C(=O)N2CCC(C(=O)NCCc3cccs3)CC2)c2cc(C)ccc2O1. The maximum absolute atomic E-state index is 13.4. The number of anilines is 1. The first kappa shape index (κ1) is 21.7. The third kappa shape index (κ3) is 5.03. The lowest BCUT2D eigenvalue weighted by molar-refractivity contribution is -0.126. The van der Waals surface area contributed by atoms with Gasteiger partial charge in [0.15, 0.2) is 0 Å². The normalized spacial score (nSPS) is 19.0. The van der Waals surface area contributed by atoms with Gasteiger partial charge in [-0.15, -0.1) is 11.3 Å². The fourth-order valence-corrected chi connectivity index (χ4v) is 4.97. The Balaban J connectivity index is 1.33. The second kappa shape index (κ2) is 9.73. The first-order valence-electron chi connectivity index (χ1n) is 11.2. The van der Waals surface area contributed by atoms with Crippen LogP contribution in [0.15, 0.2) is 35.7 Å². The Bertz CT molecular complexity index is 907. The Morgan fingerprint density at radius 1 is 1.23 bits per heavy atom. The van der Waals surface area contributed by atoms with Crippen LogP contribution in [0, 0.1) is 12.8 Å². The zero-order chi connectivity index (χ0) is 21.8. The summed E-state index contributed by atoms with van der Waals surface area (Å²) < 4.78 is 6.05. The number of aryl methyl sites for hydroxylation is 1. The molecule has 6 nitrogen and oxygen atoms in total. The molecule has 1 aromatic carbocycles. The Kier molecular flexibility index (Phi) is 6.80. The van der Waals surface area contributed by atoms with Gasteiger partial charge in [-0.1, -0.05) is 19.1 Å². The van der Waals surface area contributed by atoms with Crippen molar-refractivity contribution < 1.29 is 14.3 Å². The number of hydrogen-bond acceptors (Lipinski definition) is 4. The standard InChI is InChI=1S/C24H31N3O3S/c1-3-19-16-27(21-15-17(2)6-7-22(21)30-19)24(29)26-12-9-18(10-13-26)23(28)25-11-8-20-5-4-14-31-20/h4-7,14-15,18-19H,3,8-13,16H2,1-2H3,(H,25,28)/t19-/m1/s1. The molecule has 1 aromatic heterocycles. The number of thiophene rings is 1. The van der Waals surface area contributed by atoms with Gasteiger partial charge < -0.3 is 15.0 Å². The highest BCUT2D eigenvalue weighted by atomic mass is 32.1. The molecule has 0 saturated carbocycles. The fraction of sp³-hybridized carbons (Fsp3) is 0.500. The average Bonchev–Trinajstić information content (AvgIpc) is 3.31. The molecule has 7 heteroatoms. The molecule has 166 valence electrons. The van der Waals surface area contributed by atoms with Crippen LogP contribution in [0.1, 0.15) is 36.6 Å². The van der Waals surface area contributed by atoms with E-state index in [9.17, 15) is 9.59 Å². The highest BCUT2D eigenvalue weighted by molar-refractivity contribution is 7.09. The van der Waals surface area contributed by atoms with Crippen LogP contribution in [-0.4, -0.2) is 49.1 Å². The number of rotatable bonds is 5. The van der Waals surface area contributed by atoms with Gasteiger partial charge >= 0.3 is 6.03 Å². The molecule has 31 heavy (non-hydrogen) atoms. The number of nitrogens with one attached hydrogen (secondary N) is 1. The zero-order valence-corrected chi connectivity index (χ0v) is 19.1. The Hall–Kier alpha value is -2.54. The lowest BCUT2D eigenvalue weighted by Crippen LogP contribution is -2.52. The van der Waals surface area contributed by atoms with Gasteiger partial charge in [0, 0.05) is 30.4 Å². The van der Waals surface area contributed by atoms with E-state index in [0.717, 1.165) is 29.8 Å². The van der Waals surface area contributed by atoms with Crippen molar-refractivity contribution in [3.63, 3.8) is 0 Å². The number of amides is 3. The lowest BCUT2D eigenvalue weighted by Gasteiger charge is -2.39. The van der Waals surface area contributed by atoms with Crippen LogP contribution in [0.5, 0.6) is 5.75 Å². The molecule has 1 N–H and O–H groups in total. The molecule has 0 aliphatic carbocycles. The van der Waals surface area contributed by atoms with Crippen molar-refractivity contribution in [1.82, 2.24) is 10.2 Å². The van der Waals surface area contributed by atoms with Crippen molar-refractivity contribution in [1.29, 1.82) is 0 Å². The Morgan fingerprint density at radius 3 is 2.74 bits per heavy atom. The number of hydrogen-bond donors (Lipinski definition) is 1. The van der Waals surface area contributed by atoms with Gasteiger partial charge in [-0.25, -0.2) is 4.79 Å². The first-order chi connectivity index (χ1) is 15.0. The van der Waals surface area contributed by atoms with Crippen LogP contribution in [0.2, 0.25) is 0 Å². The number of urea groups is 1. The summed E-state index contributed by atoms with van der Waals surface area (Å²) >= 11 is 1.72. The maximum Gasteiger partial charge on any atom is 0.324 e. The fourth-order valence-electron chi connectivity index (χ4n) is 4.26. The van der Waals surface area contributed by atoms with Crippen molar-refractivity contribution in [3.05, 3.63) is 46.2 Å². The van der Waals surface area contributed by atoms with Crippen molar-refractivity contribution in [2.24, 2.45) is 5.92 Å². The van der Waals surface area contributed by atoms with Crippen molar-refractivity contribution in [2.45, 2.75) is 45.6 Å². The molecule has 2 aromatic rings. The minimum atomic E-state index is -0.0185. The molecule has 1 fully saturated rings. The Morgan fingerprint density at radius 2 is 2.03 bits per heavy atom. The molecule has 0 unspecified atom stereocenters. The van der Waals surface area contributed by atoms with Crippen LogP contribution in [0.25, 0.3) is 0 Å². The monoisotopic (exact) mass is 441 g/mol. The van der Waals surface area contributed by atoms with E-state index in [0.29, 0.717) is 39.0 Å². The molecule has 0 radical (unpaired) electrons. The molecule has 4 rings (SSSR count). The molecule has 3 heterocycles. The summed E-state index contributed by atoms with van der Waals surface area (Å²) in [6, 6.07) is 10.1. The molecule has 0 bridgehead atoms. The number of carbonyl (C=O) groups excluding carboxylic acids is 2. The molecule has 1 saturated heterocycles. The van der Waals surface area contributed by atoms with Crippen LogP contribution in [0.4, 0.5) is 10.5 Å². The molecule has 3 amide bonds. The molecule has 2 aliphatic rings. The predicted molar refractivity (Wildman–Crippen MR) is 124 cm³/mol. The summed E-state index contributed by atoms with van der Waals surface area (Å²) in [6.45, 7) is 6.55. The summed E-state index contributed by atoms with van der Waals surface area (Å²) in [5, 5.41) is 5.12. The van der Waals surface area contributed by atoms with Crippen LogP contribution in [0.3, 0.4) is 0 Å². The highest BCUT2D eigenvalue weighted by Gasteiger charge is 2.34. The number of likely N-dealkylation sites (tertiary alicyclic amines) is 1. The van der Waals surface area contributed by atoms with Gasteiger partial charge in [-0.2, -0.15) is 0 Å². The van der Waals surface area contributed by atoms with Gasteiger partial charge in [0.1, 0.15) is 11.9 Å². The van der Waals surface area contributed by atoms with Crippen LogP contribution >= 0.6 is 11.3 Å². The van der Waals surface area contributed by atoms with Gasteiger partial charge in [-0.3, -0.25) is 9.69 Å². The largest absolute Gasteiger partial charge is 0.486 e. The van der Waals surface area contributed by atoms with Gasteiger partial charge in [0.2, 0.25) is 5.91 Å². The van der Waals surface area contributed by atoms with Gasteiger partial charge in [0.25, 0.3) is 0 Å². The minimum absolute atomic E-state index is 0.00539. The van der Waals surface area contributed by atoms with E-state index in [4.69, 9.17) is 4.74 Å². The quantitative estimate of drug-likeness (QED) is 0.756. The van der Waals surface area contributed by atoms with Crippen molar-refractivity contribution >= 4 is 29.0 Å². The second-order valence-electron chi connectivity index (χ2n) is 8.39. The topological polar surface area (TPSA) is 61.9 Å². The number of benzene rings is 1. The van der Waals surface area contributed by atoms with Crippen molar-refractivity contribution in [3.8, 4) is 5.75 Å². The summed E-state index contributed by atoms with van der Waals surface area (Å²) in [5.41, 5.74) is 1.95. The van der Waals surface area contributed by atoms with Crippen LogP contribution < -0.4 is 15.0 Å². The third-order valence-electron chi connectivity index (χ3n) is 6.16. The smallest absolute Gasteiger partial charge is 0.324 e. The maximum atomic E-state index is 13.4. The number of piperidine rings is 1. The van der Waals surface area contributed by atoms with Crippen molar-refractivity contribution in [2.75, 3.05) is 31.1 Å². The van der Waals surface area contributed by atoms with E-state index in [1.165, 1.54) is 4.88 Å². The number of nitrogens with zero attached hydrogens (tertiary/aromatic N) is 2. The highest BCUT2D eigenvalue weighted by Crippen LogP contribution is 2.36. The van der Waals surface area contributed by atoms with Gasteiger partial charge in [0.05, 0.1) is 12.2 Å². The summed E-state index contributed by atoms with van der Waals surface area (Å²) in [4.78, 5) is 31.0. The lowest BCUT2D eigenvalue weighted by atomic mass is 9.96. The van der Waals surface area contributed by atoms with E-state index >= 15 is 0 Å². The second-order valence-corrected chi connectivity index (χ2v) is 9.43. The zero-order valence-electron chi connectivity index (χ0n) is 18.3. The van der Waals surface area contributed by atoms with E-state index < -0.39 is 0 Å². The molecule has 1 atom stereocenters. The average molecular weight is 442 g/mol.